The first-order valence-corrected chi connectivity index (χ1v) is 11.2. The molecule has 11 heteroatoms. The summed E-state index contributed by atoms with van der Waals surface area (Å²) in [5.74, 6) is 0.124. The standard InChI is InChI=1S/C21H23Cl2N5O4/c22-16-10-15(11-17(23)12-16)19-25-21(32-26-19)28-6-4-24-18(29)3-5-27(7-8-28)20(30)14-2-1-9-31-13-14/h10-13H,1-9H2,(H,24,29). The Morgan fingerprint density at radius 1 is 1.06 bits per heavy atom. The largest absolute Gasteiger partial charge is 0.501 e. The number of halogens is 2. The van der Waals surface area contributed by atoms with E-state index in [1.165, 1.54) is 6.26 Å². The van der Waals surface area contributed by atoms with Gasteiger partial charge in [0.05, 0.1) is 18.4 Å². The second kappa shape index (κ2) is 10.2. The second-order valence-corrected chi connectivity index (χ2v) is 8.43. The molecule has 0 unspecified atom stereocenters. The molecule has 9 nitrogen and oxygen atoms in total. The first-order chi connectivity index (χ1) is 15.5. The minimum absolute atomic E-state index is 0.113. The van der Waals surface area contributed by atoms with Crippen LogP contribution in [-0.4, -0.2) is 66.2 Å². The van der Waals surface area contributed by atoms with E-state index in [-0.39, 0.29) is 18.2 Å². The summed E-state index contributed by atoms with van der Waals surface area (Å²) < 4.78 is 10.8. The molecule has 1 fully saturated rings. The number of nitrogens with one attached hydrogen (secondary N) is 1. The van der Waals surface area contributed by atoms with Gasteiger partial charge in [-0.1, -0.05) is 28.4 Å². The summed E-state index contributed by atoms with van der Waals surface area (Å²) in [5.41, 5.74) is 1.26. The van der Waals surface area contributed by atoms with E-state index in [0.29, 0.717) is 78.8 Å². The average molecular weight is 480 g/mol. The van der Waals surface area contributed by atoms with Crippen molar-refractivity contribution in [2.45, 2.75) is 19.3 Å². The molecule has 0 atom stereocenters. The van der Waals surface area contributed by atoms with E-state index in [0.717, 1.165) is 6.42 Å². The van der Waals surface area contributed by atoms with Gasteiger partial charge in [-0.2, -0.15) is 4.98 Å². The van der Waals surface area contributed by atoms with Gasteiger partial charge < -0.3 is 24.4 Å². The number of anilines is 1. The fourth-order valence-electron chi connectivity index (χ4n) is 3.58. The van der Waals surface area contributed by atoms with Crippen LogP contribution in [-0.2, 0) is 14.3 Å². The van der Waals surface area contributed by atoms with E-state index in [9.17, 15) is 9.59 Å². The van der Waals surface area contributed by atoms with Crippen molar-refractivity contribution in [2.24, 2.45) is 0 Å². The van der Waals surface area contributed by atoms with Gasteiger partial charge in [0.15, 0.2) is 0 Å². The maximum atomic E-state index is 13.0. The summed E-state index contributed by atoms with van der Waals surface area (Å²) in [6.45, 7) is 2.69. The molecule has 1 aromatic carbocycles. The molecule has 3 heterocycles. The van der Waals surface area contributed by atoms with Gasteiger partial charge >= 0.3 is 6.01 Å². The Hall–Kier alpha value is -2.78. The van der Waals surface area contributed by atoms with Crippen LogP contribution in [0.1, 0.15) is 19.3 Å². The molecule has 0 saturated carbocycles. The molecule has 2 amide bonds. The SMILES string of the molecule is O=C1CCN(C(=O)C2=COCCC2)CCN(c2nc(-c3cc(Cl)cc(Cl)c3)no2)CCN1. The van der Waals surface area contributed by atoms with Crippen molar-refractivity contribution in [3.8, 4) is 11.4 Å². The molecule has 2 aliphatic heterocycles. The van der Waals surface area contributed by atoms with Crippen molar-refractivity contribution in [1.82, 2.24) is 20.4 Å². The maximum Gasteiger partial charge on any atom is 0.324 e. The summed E-state index contributed by atoms with van der Waals surface area (Å²) in [6.07, 6.45) is 3.25. The molecule has 0 radical (unpaired) electrons. The third kappa shape index (κ3) is 5.52. The first kappa shape index (κ1) is 22.4. The molecular weight excluding hydrogens is 457 g/mol. The van der Waals surface area contributed by atoms with E-state index < -0.39 is 0 Å². The van der Waals surface area contributed by atoms with Crippen LogP contribution in [0.2, 0.25) is 10.0 Å². The lowest BCUT2D eigenvalue weighted by Crippen LogP contribution is -2.45. The Kier molecular flexibility index (Phi) is 7.16. The van der Waals surface area contributed by atoms with E-state index >= 15 is 0 Å². The predicted octanol–water partition coefficient (Wildman–Crippen LogP) is 2.89. The topological polar surface area (TPSA) is 101 Å². The summed E-state index contributed by atoms with van der Waals surface area (Å²) in [7, 11) is 0. The van der Waals surface area contributed by atoms with Crippen LogP contribution < -0.4 is 10.2 Å². The number of aromatic nitrogens is 2. The molecule has 2 aliphatic rings. The lowest BCUT2D eigenvalue weighted by atomic mass is 10.1. The summed E-state index contributed by atoms with van der Waals surface area (Å²) >= 11 is 12.2. The molecule has 1 saturated heterocycles. The van der Waals surface area contributed by atoms with Crippen molar-refractivity contribution in [3.05, 3.63) is 40.1 Å². The van der Waals surface area contributed by atoms with Crippen LogP contribution in [0.3, 0.4) is 0 Å². The van der Waals surface area contributed by atoms with Gasteiger partial charge in [-0.05, 0) is 31.0 Å². The number of carbonyl (C=O) groups is 2. The van der Waals surface area contributed by atoms with Gasteiger partial charge in [0.2, 0.25) is 11.7 Å². The molecule has 2 aromatic rings. The number of nitrogens with zero attached hydrogens (tertiary/aromatic N) is 4. The number of carbonyl (C=O) groups excluding carboxylic acids is 2. The highest BCUT2D eigenvalue weighted by Gasteiger charge is 2.24. The van der Waals surface area contributed by atoms with Crippen LogP contribution in [0.15, 0.2) is 34.6 Å². The molecule has 0 bridgehead atoms. The molecule has 1 aromatic heterocycles. The Bertz CT molecular complexity index is 1010. The normalized spacial score (nSPS) is 17.9. The molecule has 0 spiro atoms. The molecule has 4 rings (SSSR count). The second-order valence-electron chi connectivity index (χ2n) is 7.56. The van der Waals surface area contributed by atoms with E-state index in [2.05, 4.69) is 15.5 Å². The third-order valence-corrected chi connectivity index (χ3v) is 5.69. The van der Waals surface area contributed by atoms with Gasteiger partial charge in [-0.15, -0.1) is 0 Å². The lowest BCUT2D eigenvalue weighted by molar-refractivity contribution is -0.128. The van der Waals surface area contributed by atoms with Gasteiger partial charge in [-0.3, -0.25) is 9.59 Å². The van der Waals surface area contributed by atoms with E-state index in [1.54, 1.807) is 23.1 Å². The van der Waals surface area contributed by atoms with Crippen LogP contribution in [0, 0.1) is 0 Å². The highest BCUT2D eigenvalue weighted by atomic mass is 35.5. The van der Waals surface area contributed by atoms with Crippen LogP contribution in [0.4, 0.5) is 6.01 Å². The predicted molar refractivity (Wildman–Crippen MR) is 119 cm³/mol. The van der Waals surface area contributed by atoms with Crippen molar-refractivity contribution in [1.29, 1.82) is 0 Å². The fourth-order valence-corrected chi connectivity index (χ4v) is 4.11. The average Bonchev–Trinajstić information content (AvgIpc) is 3.28. The van der Waals surface area contributed by atoms with Crippen LogP contribution >= 0.6 is 23.2 Å². The number of hydrogen-bond acceptors (Lipinski definition) is 7. The minimum Gasteiger partial charge on any atom is -0.501 e. The summed E-state index contributed by atoms with van der Waals surface area (Å²) in [5, 5.41) is 7.84. The Labute approximate surface area is 195 Å². The van der Waals surface area contributed by atoms with Crippen molar-refractivity contribution < 1.29 is 18.8 Å². The zero-order chi connectivity index (χ0) is 22.5. The lowest BCUT2D eigenvalue weighted by Gasteiger charge is -2.29. The van der Waals surface area contributed by atoms with Gasteiger partial charge in [0.1, 0.15) is 0 Å². The Balaban J connectivity index is 1.52. The van der Waals surface area contributed by atoms with Gasteiger partial charge in [0, 0.05) is 54.8 Å². The fraction of sp³-hybridized carbons (Fsp3) is 0.429. The van der Waals surface area contributed by atoms with Crippen molar-refractivity contribution >= 4 is 41.0 Å². The Morgan fingerprint density at radius 3 is 2.62 bits per heavy atom. The zero-order valence-corrected chi connectivity index (χ0v) is 18.9. The molecule has 1 N–H and O–H groups in total. The van der Waals surface area contributed by atoms with Crippen molar-refractivity contribution in [3.63, 3.8) is 0 Å². The molecule has 32 heavy (non-hydrogen) atoms. The Morgan fingerprint density at radius 2 is 1.88 bits per heavy atom. The first-order valence-electron chi connectivity index (χ1n) is 10.4. The highest BCUT2D eigenvalue weighted by Crippen LogP contribution is 2.27. The van der Waals surface area contributed by atoms with Gasteiger partial charge in [0.25, 0.3) is 5.91 Å². The van der Waals surface area contributed by atoms with Crippen molar-refractivity contribution in [2.75, 3.05) is 44.2 Å². The molecule has 0 aliphatic carbocycles. The molecule has 170 valence electrons. The molecular formula is C21H23Cl2N5O4. The number of hydrogen-bond donors (Lipinski definition) is 1. The van der Waals surface area contributed by atoms with Gasteiger partial charge in [-0.25, -0.2) is 0 Å². The smallest absolute Gasteiger partial charge is 0.324 e. The zero-order valence-electron chi connectivity index (χ0n) is 17.4. The maximum absolute atomic E-state index is 13.0. The number of ether oxygens (including phenoxy) is 1. The van der Waals surface area contributed by atoms with Crippen LogP contribution in [0.25, 0.3) is 11.4 Å². The number of benzene rings is 1. The number of amides is 2. The summed E-state index contributed by atoms with van der Waals surface area (Å²) in [6, 6.07) is 5.31. The summed E-state index contributed by atoms with van der Waals surface area (Å²) in [4.78, 5) is 33.1. The van der Waals surface area contributed by atoms with E-state index in [1.807, 2.05) is 4.90 Å². The van der Waals surface area contributed by atoms with E-state index in [4.69, 9.17) is 32.5 Å². The monoisotopic (exact) mass is 479 g/mol. The third-order valence-electron chi connectivity index (χ3n) is 5.25. The quantitative estimate of drug-likeness (QED) is 0.721. The van der Waals surface area contributed by atoms with Crippen LogP contribution in [0.5, 0.6) is 0 Å². The highest BCUT2D eigenvalue weighted by molar-refractivity contribution is 6.35. The minimum atomic E-state index is -0.113. The number of rotatable bonds is 3.